The van der Waals surface area contributed by atoms with Crippen LogP contribution in [0.2, 0.25) is 0 Å². The molecule has 1 aliphatic rings. The Balaban J connectivity index is 1.91. The van der Waals surface area contributed by atoms with Crippen LogP contribution < -0.4 is 10.1 Å². The van der Waals surface area contributed by atoms with Crippen molar-refractivity contribution in [3.63, 3.8) is 0 Å². The number of aryl methyl sites for hydroxylation is 2. The number of nitrogens with one attached hydrogen (secondary N) is 1. The van der Waals surface area contributed by atoms with Crippen molar-refractivity contribution < 1.29 is 9.53 Å². The average molecular weight is 281 g/mol. The molecule has 0 aromatic heterocycles. The van der Waals surface area contributed by atoms with Crippen LogP contribution in [0.3, 0.4) is 0 Å². The first kappa shape index (κ1) is 13.7. The topological polar surface area (TPSA) is 38.3 Å². The zero-order valence-corrected chi connectivity index (χ0v) is 12.4. The molecule has 0 radical (unpaired) electrons. The molecule has 1 N–H and O–H groups in total. The van der Waals surface area contributed by atoms with Crippen molar-refractivity contribution in [1.82, 2.24) is 0 Å². The van der Waals surface area contributed by atoms with Gasteiger partial charge in [-0.1, -0.05) is 29.8 Å². The summed E-state index contributed by atoms with van der Waals surface area (Å²) in [6, 6.07) is 11.9. The first-order valence-corrected chi connectivity index (χ1v) is 7.24. The van der Waals surface area contributed by atoms with Gasteiger partial charge in [-0.2, -0.15) is 0 Å². The van der Waals surface area contributed by atoms with E-state index in [0.29, 0.717) is 24.3 Å². The van der Waals surface area contributed by atoms with Gasteiger partial charge < -0.3 is 10.1 Å². The lowest BCUT2D eigenvalue weighted by molar-refractivity contribution is 0.0989. The lowest BCUT2D eigenvalue weighted by Crippen LogP contribution is -2.20. The van der Waals surface area contributed by atoms with E-state index in [2.05, 4.69) is 23.5 Å². The maximum atomic E-state index is 12.6. The van der Waals surface area contributed by atoms with Crippen LogP contribution in [0.4, 0.5) is 5.69 Å². The number of carbonyl (C=O) groups is 1. The standard InChI is InChI=1S/C18H19NO2/c1-12-6-7-13(2)14(10-12)11-17(20)15-4-3-5-16-18(15)21-9-8-19-16/h3-7,10,19H,8-9,11H2,1-2H3. The Hall–Kier alpha value is -2.29. The maximum absolute atomic E-state index is 12.6. The number of anilines is 1. The lowest BCUT2D eigenvalue weighted by Gasteiger charge is -2.21. The number of hydrogen-bond acceptors (Lipinski definition) is 3. The highest BCUT2D eigenvalue weighted by Crippen LogP contribution is 2.32. The first-order chi connectivity index (χ1) is 10.1. The number of fused-ring (bicyclic) bond motifs is 1. The number of carbonyl (C=O) groups excluding carboxylic acids is 1. The second-order valence-electron chi connectivity index (χ2n) is 5.49. The van der Waals surface area contributed by atoms with Crippen molar-refractivity contribution in [2.75, 3.05) is 18.5 Å². The van der Waals surface area contributed by atoms with Gasteiger partial charge in [0.05, 0.1) is 11.3 Å². The van der Waals surface area contributed by atoms with E-state index in [1.54, 1.807) is 0 Å². The van der Waals surface area contributed by atoms with Crippen LogP contribution in [0.1, 0.15) is 27.0 Å². The molecule has 3 heteroatoms. The summed E-state index contributed by atoms with van der Waals surface area (Å²) < 4.78 is 5.68. The number of rotatable bonds is 3. The van der Waals surface area contributed by atoms with E-state index in [0.717, 1.165) is 23.4 Å². The third kappa shape index (κ3) is 2.77. The molecule has 0 unspecified atom stereocenters. The lowest BCUT2D eigenvalue weighted by atomic mass is 9.97. The summed E-state index contributed by atoms with van der Waals surface area (Å²) in [4.78, 5) is 12.6. The highest BCUT2D eigenvalue weighted by atomic mass is 16.5. The minimum atomic E-state index is 0.101. The van der Waals surface area contributed by atoms with Crippen molar-refractivity contribution in [1.29, 1.82) is 0 Å². The fourth-order valence-electron chi connectivity index (χ4n) is 2.65. The molecule has 2 aromatic carbocycles. The van der Waals surface area contributed by atoms with Gasteiger partial charge in [-0.25, -0.2) is 0 Å². The number of para-hydroxylation sites is 1. The molecular formula is C18H19NO2. The van der Waals surface area contributed by atoms with E-state index < -0.39 is 0 Å². The van der Waals surface area contributed by atoms with Crippen molar-refractivity contribution in [3.8, 4) is 5.75 Å². The Morgan fingerprint density at radius 3 is 2.95 bits per heavy atom. The molecule has 3 nitrogen and oxygen atoms in total. The molecule has 3 rings (SSSR count). The van der Waals surface area contributed by atoms with E-state index in [4.69, 9.17) is 4.74 Å². The second-order valence-corrected chi connectivity index (χ2v) is 5.49. The number of ether oxygens (including phenoxy) is 1. The van der Waals surface area contributed by atoms with Crippen LogP contribution >= 0.6 is 0 Å². The minimum absolute atomic E-state index is 0.101. The number of benzene rings is 2. The Kier molecular flexibility index (Phi) is 3.65. The normalized spacial score (nSPS) is 13.0. The van der Waals surface area contributed by atoms with Crippen molar-refractivity contribution in [2.45, 2.75) is 20.3 Å². The van der Waals surface area contributed by atoms with Crippen LogP contribution in [0.5, 0.6) is 5.75 Å². The molecular weight excluding hydrogens is 262 g/mol. The predicted octanol–water partition coefficient (Wildman–Crippen LogP) is 3.53. The van der Waals surface area contributed by atoms with Crippen molar-refractivity contribution in [2.24, 2.45) is 0 Å². The van der Waals surface area contributed by atoms with Crippen LogP contribution in [-0.2, 0) is 6.42 Å². The Morgan fingerprint density at radius 1 is 1.24 bits per heavy atom. The third-order valence-corrected chi connectivity index (χ3v) is 3.83. The van der Waals surface area contributed by atoms with Gasteiger partial charge in [0, 0.05) is 13.0 Å². The van der Waals surface area contributed by atoms with Crippen LogP contribution in [0.25, 0.3) is 0 Å². The summed E-state index contributed by atoms with van der Waals surface area (Å²) in [5.74, 6) is 0.795. The summed E-state index contributed by atoms with van der Waals surface area (Å²) in [5.41, 5.74) is 4.99. The highest BCUT2D eigenvalue weighted by molar-refractivity contribution is 6.01. The Labute approximate surface area is 124 Å². The quantitative estimate of drug-likeness (QED) is 0.875. The smallest absolute Gasteiger partial charge is 0.171 e. The summed E-state index contributed by atoms with van der Waals surface area (Å²) in [6.07, 6.45) is 0.410. The molecule has 0 aliphatic carbocycles. The Morgan fingerprint density at radius 2 is 2.10 bits per heavy atom. The molecule has 1 heterocycles. The molecule has 0 saturated heterocycles. The van der Waals surface area contributed by atoms with Gasteiger partial charge in [0.1, 0.15) is 6.61 Å². The number of ketones is 1. The van der Waals surface area contributed by atoms with E-state index in [1.165, 1.54) is 5.56 Å². The van der Waals surface area contributed by atoms with E-state index >= 15 is 0 Å². The fourth-order valence-corrected chi connectivity index (χ4v) is 2.65. The van der Waals surface area contributed by atoms with E-state index in [9.17, 15) is 4.79 Å². The fraction of sp³-hybridized carbons (Fsp3) is 0.278. The van der Waals surface area contributed by atoms with Crippen LogP contribution in [-0.4, -0.2) is 18.9 Å². The number of Topliss-reactive ketones (excluding diaryl/α,β-unsaturated/α-hetero) is 1. The largest absolute Gasteiger partial charge is 0.489 e. The molecule has 1 aliphatic heterocycles. The zero-order valence-electron chi connectivity index (χ0n) is 12.4. The van der Waals surface area contributed by atoms with Gasteiger partial charge in [-0.3, -0.25) is 4.79 Å². The van der Waals surface area contributed by atoms with Gasteiger partial charge in [-0.05, 0) is 37.1 Å². The second kappa shape index (κ2) is 5.60. The molecule has 0 atom stereocenters. The summed E-state index contributed by atoms with van der Waals surface area (Å²) >= 11 is 0. The summed E-state index contributed by atoms with van der Waals surface area (Å²) in [5, 5.41) is 3.27. The maximum Gasteiger partial charge on any atom is 0.171 e. The van der Waals surface area contributed by atoms with Crippen LogP contribution in [0.15, 0.2) is 36.4 Å². The van der Waals surface area contributed by atoms with Gasteiger partial charge in [0.15, 0.2) is 11.5 Å². The van der Waals surface area contributed by atoms with Gasteiger partial charge in [0.25, 0.3) is 0 Å². The SMILES string of the molecule is Cc1ccc(C)c(CC(=O)c2cccc3c2OCCN3)c1. The van der Waals surface area contributed by atoms with E-state index in [-0.39, 0.29) is 5.78 Å². The third-order valence-electron chi connectivity index (χ3n) is 3.83. The molecule has 0 fully saturated rings. The highest BCUT2D eigenvalue weighted by Gasteiger charge is 2.19. The molecule has 21 heavy (non-hydrogen) atoms. The first-order valence-electron chi connectivity index (χ1n) is 7.24. The molecule has 0 amide bonds. The van der Waals surface area contributed by atoms with Crippen molar-refractivity contribution in [3.05, 3.63) is 58.7 Å². The Bertz CT molecular complexity index is 692. The summed E-state index contributed by atoms with van der Waals surface area (Å²) in [7, 11) is 0. The molecule has 108 valence electrons. The molecule has 0 saturated carbocycles. The molecule has 2 aromatic rings. The zero-order chi connectivity index (χ0) is 14.8. The monoisotopic (exact) mass is 281 g/mol. The average Bonchev–Trinajstić information content (AvgIpc) is 2.50. The minimum Gasteiger partial charge on any atom is -0.489 e. The molecule has 0 spiro atoms. The van der Waals surface area contributed by atoms with Crippen molar-refractivity contribution >= 4 is 11.5 Å². The van der Waals surface area contributed by atoms with E-state index in [1.807, 2.05) is 32.0 Å². The van der Waals surface area contributed by atoms with Gasteiger partial charge >= 0.3 is 0 Å². The van der Waals surface area contributed by atoms with Crippen LogP contribution in [0, 0.1) is 13.8 Å². The number of hydrogen-bond donors (Lipinski definition) is 1. The van der Waals surface area contributed by atoms with Gasteiger partial charge in [-0.15, -0.1) is 0 Å². The van der Waals surface area contributed by atoms with Gasteiger partial charge in [0.2, 0.25) is 0 Å². The summed E-state index contributed by atoms with van der Waals surface area (Å²) in [6.45, 7) is 5.47. The predicted molar refractivity (Wildman–Crippen MR) is 84.4 cm³/mol. The molecule has 0 bridgehead atoms.